The average molecular weight is 319 g/mol. The third-order valence-electron chi connectivity index (χ3n) is 3.56. The molecule has 1 aromatic heterocycles. The maximum Gasteiger partial charge on any atom is 0.267 e. The first kappa shape index (κ1) is 15.7. The molecule has 0 bridgehead atoms. The quantitative estimate of drug-likeness (QED) is 0.804. The fraction of sp³-hybridized carbons (Fsp3) is 0.105. The van der Waals surface area contributed by atoms with E-state index in [0.29, 0.717) is 11.4 Å². The predicted octanol–water partition coefficient (Wildman–Crippen LogP) is 2.86. The van der Waals surface area contributed by atoms with Gasteiger partial charge < -0.3 is 5.32 Å². The zero-order valence-electron chi connectivity index (χ0n) is 13.3. The molecule has 1 N–H and O–H groups in total. The van der Waals surface area contributed by atoms with Crippen LogP contribution in [0.4, 0.5) is 5.69 Å². The van der Waals surface area contributed by atoms with Gasteiger partial charge in [0, 0.05) is 17.3 Å². The van der Waals surface area contributed by atoms with Gasteiger partial charge >= 0.3 is 0 Å². The molecule has 1 amide bonds. The van der Waals surface area contributed by atoms with E-state index in [-0.39, 0.29) is 18.0 Å². The number of hydrogen-bond acceptors (Lipinski definition) is 3. The number of nitrogens with zero attached hydrogens (tertiary/aromatic N) is 2. The number of aromatic nitrogens is 2. The number of carbonyl (C=O) groups excluding carboxylic acids is 1. The summed E-state index contributed by atoms with van der Waals surface area (Å²) in [6.45, 7) is 1.84. The molecular weight excluding hydrogens is 302 g/mol. The summed E-state index contributed by atoms with van der Waals surface area (Å²) in [4.78, 5) is 24.1. The Morgan fingerprint density at radius 1 is 1.00 bits per heavy atom. The van der Waals surface area contributed by atoms with E-state index in [9.17, 15) is 9.59 Å². The number of hydrogen-bond donors (Lipinski definition) is 1. The zero-order chi connectivity index (χ0) is 16.9. The Bertz CT molecular complexity index is 900. The topological polar surface area (TPSA) is 64.0 Å². The van der Waals surface area contributed by atoms with Crippen LogP contribution in [0.25, 0.3) is 11.3 Å². The molecular formula is C19H17N3O2. The van der Waals surface area contributed by atoms with Crippen molar-refractivity contribution in [1.82, 2.24) is 9.78 Å². The van der Waals surface area contributed by atoms with Gasteiger partial charge in [-0.25, -0.2) is 4.68 Å². The highest BCUT2D eigenvalue weighted by molar-refractivity contribution is 5.90. The molecule has 5 heteroatoms. The second-order valence-electron chi connectivity index (χ2n) is 5.49. The van der Waals surface area contributed by atoms with Gasteiger partial charge in [0.15, 0.2) is 0 Å². The summed E-state index contributed by atoms with van der Waals surface area (Å²) in [5.41, 5.74) is 3.04. The van der Waals surface area contributed by atoms with E-state index in [1.807, 2.05) is 61.5 Å². The van der Waals surface area contributed by atoms with Crippen LogP contribution in [-0.4, -0.2) is 15.7 Å². The molecule has 5 nitrogen and oxygen atoms in total. The third-order valence-corrected chi connectivity index (χ3v) is 3.56. The van der Waals surface area contributed by atoms with Crippen molar-refractivity contribution in [2.24, 2.45) is 0 Å². The summed E-state index contributed by atoms with van der Waals surface area (Å²) >= 11 is 0. The largest absolute Gasteiger partial charge is 0.324 e. The summed E-state index contributed by atoms with van der Waals surface area (Å²) in [5, 5.41) is 7.05. The van der Waals surface area contributed by atoms with E-state index >= 15 is 0 Å². The van der Waals surface area contributed by atoms with Crippen molar-refractivity contribution >= 4 is 11.6 Å². The average Bonchev–Trinajstić information content (AvgIpc) is 2.60. The van der Waals surface area contributed by atoms with Gasteiger partial charge in [-0.2, -0.15) is 5.10 Å². The maximum atomic E-state index is 12.2. The Labute approximate surface area is 139 Å². The van der Waals surface area contributed by atoms with Crippen molar-refractivity contribution < 1.29 is 4.79 Å². The number of aryl methyl sites for hydroxylation is 1. The molecule has 24 heavy (non-hydrogen) atoms. The van der Waals surface area contributed by atoms with Crippen LogP contribution in [-0.2, 0) is 11.3 Å². The van der Waals surface area contributed by atoms with Gasteiger partial charge in [-0.3, -0.25) is 9.59 Å². The lowest BCUT2D eigenvalue weighted by Crippen LogP contribution is -2.29. The van der Waals surface area contributed by atoms with Crippen molar-refractivity contribution in [3.05, 3.63) is 82.6 Å². The number of carbonyl (C=O) groups is 1. The minimum Gasteiger partial charge on any atom is -0.324 e. The number of amides is 1. The predicted molar refractivity (Wildman–Crippen MR) is 93.7 cm³/mol. The van der Waals surface area contributed by atoms with Gasteiger partial charge in [0.1, 0.15) is 6.54 Å². The Morgan fingerprint density at radius 3 is 2.42 bits per heavy atom. The van der Waals surface area contributed by atoms with E-state index in [1.165, 1.54) is 10.7 Å². The van der Waals surface area contributed by atoms with Crippen LogP contribution in [0.15, 0.2) is 71.5 Å². The van der Waals surface area contributed by atoms with Crippen molar-refractivity contribution in [3.8, 4) is 11.3 Å². The molecule has 0 atom stereocenters. The lowest BCUT2D eigenvalue weighted by atomic mass is 10.1. The second-order valence-corrected chi connectivity index (χ2v) is 5.49. The fourth-order valence-electron chi connectivity index (χ4n) is 2.30. The number of benzene rings is 2. The highest BCUT2D eigenvalue weighted by Gasteiger charge is 2.08. The molecule has 0 spiro atoms. The number of anilines is 1. The van der Waals surface area contributed by atoms with Gasteiger partial charge in [-0.1, -0.05) is 48.0 Å². The van der Waals surface area contributed by atoms with Crippen molar-refractivity contribution in [2.75, 3.05) is 5.32 Å². The Morgan fingerprint density at radius 2 is 1.71 bits per heavy atom. The molecule has 1 heterocycles. The van der Waals surface area contributed by atoms with Gasteiger partial charge in [0.2, 0.25) is 5.91 Å². The number of rotatable bonds is 4. The van der Waals surface area contributed by atoms with Crippen LogP contribution in [0.2, 0.25) is 0 Å². The normalized spacial score (nSPS) is 10.4. The molecule has 0 fully saturated rings. The molecule has 0 saturated carbocycles. The van der Waals surface area contributed by atoms with E-state index in [0.717, 1.165) is 11.1 Å². The van der Waals surface area contributed by atoms with Crippen molar-refractivity contribution in [1.29, 1.82) is 0 Å². The highest BCUT2D eigenvalue weighted by atomic mass is 16.2. The van der Waals surface area contributed by atoms with Crippen LogP contribution in [0.1, 0.15) is 5.56 Å². The molecule has 120 valence electrons. The van der Waals surface area contributed by atoms with Gasteiger partial charge in [-0.15, -0.1) is 0 Å². The number of nitrogens with one attached hydrogen (secondary N) is 1. The third kappa shape index (κ3) is 3.76. The highest BCUT2D eigenvalue weighted by Crippen LogP contribution is 2.14. The second kappa shape index (κ2) is 6.91. The Balaban J connectivity index is 1.78. The minimum absolute atomic E-state index is 0.132. The molecule has 0 aliphatic carbocycles. The van der Waals surface area contributed by atoms with Crippen LogP contribution in [0.3, 0.4) is 0 Å². The van der Waals surface area contributed by atoms with E-state index in [1.54, 1.807) is 6.07 Å². The maximum absolute atomic E-state index is 12.2. The summed E-state index contributed by atoms with van der Waals surface area (Å²) in [7, 11) is 0. The summed E-state index contributed by atoms with van der Waals surface area (Å²) in [6, 6.07) is 20.1. The first-order chi connectivity index (χ1) is 11.6. The summed E-state index contributed by atoms with van der Waals surface area (Å²) in [6.07, 6.45) is 0. The molecule has 0 aliphatic heterocycles. The molecule has 0 unspecified atom stereocenters. The van der Waals surface area contributed by atoms with Gasteiger partial charge in [0.05, 0.1) is 5.69 Å². The van der Waals surface area contributed by atoms with Gasteiger partial charge in [0.25, 0.3) is 5.56 Å². The summed E-state index contributed by atoms with van der Waals surface area (Å²) in [5.74, 6) is -0.293. The van der Waals surface area contributed by atoms with Crippen molar-refractivity contribution in [3.63, 3.8) is 0 Å². The SMILES string of the molecule is Cc1ccc(NC(=O)Cn2nc(-c3ccccc3)ccc2=O)cc1. The van der Waals surface area contributed by atoms with Crippen molar-refractivity contribution in [2.45, 2.75) is 13.5 Å². The lowest BCUT2D eigenvalue weighted by Gasteiger charge is -2.08. The fourth-order valence-corrected chi connectivity index (χ4v) is 2.30. The molecule has 3 rings (SSSR count). The smallest absolute Gasteiger partial charge is 0.267 e. The van der Waals surface area contributed by atoms with Crippen LogP contribution in [0.5, 0.6) is 0 Å². The Kier molecular flexibility index (Phi) is 4.52. The van der Waals surface area contributed by atoms with E-state index in [4.69, 9.17) is 0 Å². The molecule has 0 radical (unpaired) electrons. The van der Waals surface area contributed by atoms with Crippen LogP contribution >= 0.6 is 0 Å². The Hall–Kier alpha value is -3.21. The minimum atomic E-state index is -0.311. The van der Waals surface area contributed by atoms with Gasteiger partial charge in [-0.05, 0) is 25.1 Å². The lowest BCUT2D eigenvalue weighted by molar-refractivity contribution is -0.117. The molecule has 3 aromatic rings. The first-order valence-electron chi connectivity index (χ1n) is 7.62. The van der Waals surface area contributed by atoms with E-state index < -0.39 is 0 Å². The molecule has 2 aromatic carbocycles. The van der Waals surface area contributed by atoms with E-state index in [2.05, 4.69) is 10.4 Å². The van der Waals surface area contributed by atoms with Crippen LogP contribution in [0, 0.1) is 6.92 Å². The first-order valence-corrected chi connectivity index (χ1v) is 7.62. The standard InChI is InChI=1S/C19H17N3O2/c1-14-7-9-16(10-8-14)20-18(23)13-22-19(24)12-11-17(21-22)15-5-3-2-4-6-15/h2-12H,13H2,1H3,(H,20,23). The zero-order valence-corrected chi connectivity index (χ0v) is 13.3. The molecule has 0 aliphatic rings. The molecule has 0 saturated heterocycles. The van der Waals surface area contributed by atoms with Crippen LogP contribution < -0.4 is 10.9 Å². The monoisotopic (exact) mass is 319 g/mol. The summed E-state index contributed by atoms with van der Waals surface area (Å²) < 4.78 is 1.17.